The maximum Gasteiger partial charge on any atom is 0.243 e. The van der Waals surface area contributed by atoms with E-state index in [0.717, 1.165) is 19.5 Å². The molecule has 1 rings (SSSR count). The molecular weight excluding hydrogens is 316 g/mol. The van der Waals surface area contributed by atoms with E-state index in [9.17, 15) is 4.79 Å². The molecular formula is C19H32N4O2. The molecule has 140 valence electrons. The zero-order valence-electron chi connectivity index (χ0n) is 15.9. The fourth-order valence-corrected chi connectivity index (χ4v) is 1.99. The van der Waals surface area contributed by atoms with Gasteiger partial charge in [-0.3, -0.25) is 4.79 Å². The van der Waals surface area contributed by atoms with Gasteiger partial charge in [0.25, 0.3) is 0 Å². The molecule has 2 N–H and O–H groups in total. The van der Waals surface area contributed by atoms with E-state index in [0.29, 0.717) is 25.1 Å². The fourth-order valence-electron chi connectivity index (χ4n) is 1.99. The van der Waals surface area contributed by atoms with Crippen LogP contribution in [0.3, 0.4) is 0 Å². The number of likely N-dealkylation sites (N-methyl/N-ethyl adjacent to an activating group) is 1. The molecule has 0 aliphatic rings. The van der Waals surface area contributed by atoms with Crippen LogP contribution in [-0.4, -0.2) is 57.1 Å². The van der Waals surface area contributed by atoms with Gasteiger partial charge < -0.3 is 20.3 Å². The topological polar surface area (TPSA) is 66.0 Å². The minimum Gasteiger partial charge on any atom is -0.376 e. The first-order chi connectivity index (χ1) is 12.0. The van der Waals surface area contributed by atoms with Gasteiger partial charge in [-0.05, 0) is 17.9 Å². The van der Waals surface area contributed by atoms with Crippen LogP contribution in [0.1, 0.15) is 25.8 Å². The van der Waals surface area contributed by atoms with Crippen molar-refractivity contribution in [2.75, 3.05) is 40.3 Å². The number of carbonyl (C=O) groups excluding carboxylic acids is 1. The van der Waals surface area contributed by atoms with Crippen LogP contribution in [-0.2, 0) is 16.1 Å². The highest BCUT2D eigenvalue weighted by Crippen LogP contribution is 2.02. The average molecular weight is 348 g/mol. The van der Waals surface area contributed by atoms with E-state index in [2.05, 4.69) is 41.6 Å². The molecule has 0 fully saturated rings. The predicted octanol–water partition coefficient (Wildman–Crippen LogP) is 1.87. The van der Waals surface area contributed by atoms with E-state index in [1.807, 2.05) is 18.2 Å². The van der Waals surface area contributed by atoms with Crippen molar-refractivity contribution in [3.8, 4) is 0 Å². The summed E-state index contributed by atoms with van der Waals surface area (Å²) in [5.41, 5.74) is 1.18. The third-order valence-electron chi connectivity index (χ3n) is 3.55. The van der Waals surface area contributed by atoms with Crippen LogP contribution in [0.2, 0.25) is 0 Å². The van der Waals surface area contributed by atoms with Crippen molar-refractivity contribution in [2.24, 2.45) is 10.9 Å². The van der Waals surface area contributed by atoms with Crippen molar-refractivity contribution in [3.05, 3.63) is 35.9 Å². The number of carbonyl (C=O) groups is 1. The van der Waals surface area contributed by atoms with Crippen molar-refractivity contribution in [2.45, 2.75) is 26.9 Å². The van der Waals surface area contributed by atoms with Crippen LogP contribution >= 0.6 is 0 Å². The van der Waals surface area contributed by atoms with Gasteiger partial charge in [0.05, 0.1) is 13.2 Å². The van der Waals surface area contributed by atoms with Gasteiger partial charge in [0.1, 0.15) is 6.54 Å². The van der Waals surface area contributed by atoms with Crippen molar-refractivity contribution >= 4 is 11.9 Å². The molecule has 1 aromatic carbocycles. The Bertz CT molecular complexity index is 517. The second-order valence-corrected chi connectivity index (χ2v) is 6.37. The molecule has 0 spiro atoms. The Morgan fingerprint density at radius 3 is 2.60 bits per heavy atom. The van der Waals surface area contributed by atoms with Crippen LogP contribution in [0.15, 0.2) is 35.3 Å². The van der Waals surface area contributed by atoms with E-state index in [1.165, 1.54) is 5.56 Å². The zero-order valence-corrected chi connectivity index (χ0v) is 15.9. The summed E-state index contributed by atoms with van der Waals surface area (Å²) in [6.07, 6.45) is 0.998. The number of nitrogens with zero attached hydrogens (tertiary/aromatic N) is 2. The first kappa shape index (κ1) is 21.0. The van der Waals surface area contributed by atoms with Crippen LogP contribution in [0.5, 0.6) is 0 Å². The zero-order chi connectivity index (χ0) is 18.5. The summed E-state index contributed by atoms with van der Waals surface area (Å²) >= 11 is 0. The van der Waals surface area contributed by atoms with E-state index in [1.54, 1.807) is 19.0 Å². The number of nitrogens with one attached hydrogen (secondary N) is 2. The van der Waals surface area contributed by atoms with Gasteiger partial charge in [-0.2, -0.15) is 0 Å². The molecule has 1 aromatic rings. The summed E-state index contributed by atoms with van der Waals surface area (Å²) in [7, 11) is 3.47. The molecule has 1 atom stereocenters. The van der Waals surface area contributed by atoms with E-state index in [-0.39, 0.29) is 12.5 Å². The van der Waals surface area contributed by atoms with Gasteiger partial charge >= 0.3 is 0 Å². The lowest BCUT2D eigenvalue weighted by atomic mass is 10.2. The maximum absolute atomic E-state index is 11.7. The molecule has 0 radical (unpaired) electrons. The fraction of sp³-hybridized carbons (Fsp3) is 0.579. The number of amides is 1. The Morgan fingerprint density at radius 2 is 1.96 bits per heavy atom. The van der Waals surface area contributed by atoms with E-state index < -0.39 is 0 Å². The molecule has 25 heavy (non-hydrogen) atoms. The summed E-state index contributed by atoms with van der Waals surface area (Å²) in [6.45, 7) is 7.21. The largest absolute Gasteiger partial charge is 0.376 e. The summed E-state index contributed by atoms with van der Waals surface area (Å²) in [6, 6.07) is 10.1. The molecule has 6 nitrogen and oxygen atoms in total. The van der Waals surface area contributed by atoms with Gasteiger partial charge in [-0.1, -0.05) is 44.2 Å². The van der Waals surface area contributed by atoms with Gasteiger partial charge in [0.2, 0.25) is 5.91 Å². The summed E-state index contributed by atoms with van der Waals surface area (Å²) < 4.78 is 5.76. The molecule has 0 bridgehead atoms. The molecule has 0 saturated carbocycles. The average Bonchev–Trinajstić information content (AvgIpc) is 2.61. The number of aliphatic imine (C=N–C) groups is 1. The lowest BCUT2D eigenvalue weighted by Crippen LogP contribution is -2.41. The minimum atomic E-state index is -0.0168. The lowest BCUT2D eigenvalue weighted by Gasteiger charge is -2.17. The lowest BCUT2D eigenvalue weighted by molar-refractivity contribution is -0.127. The van der Waals surface area contributed by atoms with E-state index in [4.69, 9.17) is 4.74 Å². The molecule has 0 aliphatic heterocycles. The van der Waals surface area contributed by atoms with Crippen molar-refractivity contribution in [1.82, 2.24) is 15.5 Å². The van der Waals surface area contributed by atoms with Crippen LogP contribution in [0.4, 0.5) is 0 Å². The molecule has 0 aromatic heterocycles. The molecule has 0 aliphatic carbocycles. The van der Waals surface area contributed by atoms with Gasteiger partial charge in [0.15, 0.2) is 5.96 Å². The quantitative estimate of drug-likeness (QED) is 0.500. The molecule has 1 amide bonds. The first-order valence-electron chi connectivity index (χ1n) is 8.87. The number of hydrogen-bond donors (Lipinski definition) is 2. The third-order valence-corrected chi connectivity index (χ3v) is 3.55. The molecule has 0 saturated heterocycles. The van der Waals surface area contributed by atoms with Crippen molar-refractivity contribution in [3.63, 3.8) is 0 Å². The van der Waals surface area contributed by atoms with Crippen molar-refractivity contribution < 1.29 is 9.53 Å². The highest BCUT2D eigenvalue weighted by atomic mass is 16.5. The maximum atomic E-state index is 11.7. The molecule has 1 unspecified atom stereocenters. The van der Waals surface area contributed by atoms with Crippen LogP contribution in [0.25, 0.3) is 0 Å². The minimum absolute atomic E-state index is 0.0168. The highest BCUT2D eigenvalue weighted by molar-refractivity contribution is 5.84. The SMILES string of the molecule is CCCNC(=NCC(=O)N(C)C)NCC(C)COCc1ccccc1. The Morgan fingerprint density at radius 1 is 1.24 bits per heavy atom. The Balaban J connectivity index is 2.35. The summed E-state index contributed by atoms with van der Waals surface area (Å²) in [5.74, 6) is 0.991. The van der Waals surface area contributed by atoms with Crippen molar-refractivity contribution in [1.29, 1.82) is 0 Å². The number of guanidine groups is 1. The third kappa shape index (κ3) is 9.72. The number of benzene rings is 1. The second kappa shape index (κ2) is 12.3. The Kier molecular flexibility index (Phi) is 10.3. The predicted molar refractivity (Wildman–Crippen MR) is 103 cm³/mol. The molecule has 6 heteroatoms. The van der Waals surface area contributed by atoms with E-state index >= 15 is 0 Å². The second-order valence-electron chi connectivity index (χ2n) is 6.37. The normalized spacial score (nSPS) is 12.6. The highest BCUT2D eigenvalue weighted by Gasteiger charge is 2.07. The Labute approximate surface area is 151 Å². The first-order valence-corrected chi connectivity index (χ1v) is 8.87. The van der Waals surface area contributed by atoms with Crippen LogP contribution < -0.4 is 10.6 Å². The number of ether oxygens (including phenoxy) is 1. The standard InChI is InChI=1S/C19H32N4O2/c1-5-11-20-19(22-13-18(24)23(3)4)21-12-16(2)14-25-15-17-9-7-6-8-10-17/h6-10,16H,5,11-15H2,1-4H3,(H2,20,21,22). The Hall–Kier alpha value is -2.08. The number of hydrogen-bond acceptors (Lipinski definition) is 3. The summed E-state index contributed by atoms with van der Waals surface area (Å²) in [5, 5.41) is 6.51. The number of rotatable bonds is 10. The van der Waals surface area contributed by atoms with Gasteiger partial charge in [-0.25, -0.2) is 4.99 Å². The summed E-state index contributed by atoms with van der Waals surface area (Å²) in [4.78, 5) is 17.6. The smallest absolute Gasteiger partial charge is 0.243 e. The van der Waals surface area contributed by atoms with Gasteiger partial charge in [-0.15, -0.1) is 0 Å². The monoisotopic (exact) mass is 348 g/mol. The van der Waals surface area contributed by atoms with Crippen LogP contribution in [0, 0.1) is 5.92 Å². The molecule has 0 heterocycles. The van der Waals surface area contributed by atoms with Gasteiger partial charge in [0, 0.05) is 27.2 Å².